The number of rotatable bonds is 5. The van der Waals surface area contributed by atoms with Crippen molar-refractivity contribution in [3.8, 4) is 0 Å². The van der Waals surface area contributed by atoms with E-state index < -0.39 is 0 Å². The molecule has 1 aromatic rings. The summed E-state index contributed by atoms with van der Waals surface area (Å²) in [5.41, 5.74) is 1.92. The van der Waals surface area contributed by atoms with Crippen LogP contribution in [-0.2, 0) is 29.2 Å². The molecule has 2 aliphatic rings. The number of fused-ring (bicyclic) bond motifs is 1. The lowest BCUT2D eigenvalue weighted by Crippen LogP contribution is -2.38. The molecule has 3 rings (SSSR count). The molecule has 1 N–H and O–H groups in total. The Morgan fingerprint density at radius 2 is 2.08 bits per heavy atom. The van der Waals surface area contributed by atoms with Gasteiger partial charge in [-0.1, -0.05) is 6.42 Å². The van der Waals surface area contributed by atoms with Crippen molar-refractivity contribution in [2.45, 2.75) is 45.3 Å². The van der Waals surface area contributed by atoms with E-state index in [-0.39, 0.29) is 11.8 Å². The van der Waals surface area contributed by atoms with Gasteiger partial charge in [-0.15, -0.1) is 0 Å². The Kier molecular flexibility index (Phi) is 5.18. The van der Waals surface area contributed by atoms with E-state index in [1.165, 1.54) is 6.42 Å². The van der Waals surface area contributed by atoms with Crippen molar-refractivity contribution >= 4 is 11.8 Å². The zero-order chi connectivity index (χ0) is 17.1. The number of aryl methyl sites for hydroxylation is 1. The molecular formula is C17H27N5O2. The summed E-state index contributed by atoms with van der Waals surface area (Å²) in [4.78, 5) is 28.1. The third-order valence-corrected chi connectivity index (χ3v) is 4.76. The first-order valence-electron chi connectivity index (χ1n) is 8.79. The molecule has 1 fully saturated rings. The van der Waals surface area contributed by atoms with Gasteiger partial charge in [0.2, 0.25) is 11.8 Å². The molecule has 0 aromatic carbocycles. The van der Waals surface area contributed by atoms with Crippen LogP contribution >= 0.6 is 0 Å². The van der Waals surface area contributed by atoms with E-state index in [0.717, 1.165) is 43.7 Å². The minimum atomic E-state index is -0.00928. The van der Waals surface area contributed by atoms with Crippen LogP contribution in [0.15, 0.2) is 6.07 Å². The van der Waals surface area contributed by atoms with Gasteiger partial charge in [0, 0.05) is 19.0 Å². The summed E-state index contributed by atoms with van der Waals surface area (Å²) in [5.74, 6) is 0.533. The van der Waals surface area contributed by atoms with Gasteiger partial charge in [-0.2, -0.15) is 5.10 Å². The predicted octanol–water partition coefficient (Wildman–Crippen LogP) is 0.593. The second-order valence-electron chi connectivity index (χ2n) is 7.11. The average molecular weight is 333 g/mol. The summed E-state index contributed by atoms with van der Waals surface area (Å²) in [7, 11) is 3.73. The van der Waals surface area contributed by atoms with Crippen molar-refractivity contribution in [3.63, 3.8) is 0 Å². The van der Waals surface area contributed by atoms with Crippen LogP contribution in [0.1, 0.15) is 37.1 Å². The second kappa shape index (κ2) is 7.34. The molecule has 0 unspecified atom stereocenters. The molecule has 0 saturated heterocycles. The van der Waals surface area contributed by atoms with Gasteiger partial charge in [-0.05, 0) is 39.4 Å². The highest BCUT2D eigenvalue weighted by atomic mass is 16.2. The van der Waals surface area contributed by atoms with Crippen LogP contribution < -0.4 is 5.32 Å². The smallest absolute Gasteiger partial charge is 0.234 e. The first-order chi connectivity index (χ1) is 11.5. The molecule has 0 radical (unpaired) electrons. The van der Waals surface area contributed by atoms with E-state index in [1.54, 1.807) is 0 Å². The third kappa shape index (κ3) is 3.95. The maximum Gasteiger partial charge on any atom is 0.234 e. The lowest BCUT2D eigenvalue weighted by atomic mass is 9.84. The molecule has 1 aliphatic heterocycles. The number of carbonyl (C=O) groups is 2. The Balaban J connectivity index is 1.60. The summed E-state index contributed by atoms with van der Waals surface area (Å²) in [6.45, 7) is 3.08. The van der Waals surface area contributed by atoms with Gasteiger partial charge in [-0.25, -0.2) is 0 Å². The van der Waals surface area contributed by atoms with Crippen LogP contribution in [0, 0.1) is 5.92 Å². The molecule has 2 heterocycles. The number of carbonyl (C=O) groups excluding carboxylic acids is 2. The number of nitrogens with one attached hydrogen (secondary N) is 1. The fraction of sp³-hybridized carbons (Fsp3) is 0.706. The SMILES string of the molecule is CN(C)CC(=O)NCc1cc2n(n1)CCCN(C(=O)C1CCC1)C2. The summed E-state index contributed by atoms with van der Waals surface area (Å²) >= 11 is 0. The molecule has 24 heavy (non-hydrogen) atoms. The van der Waals surface area contributed by atoms with Crippen LogP contribution in [0.25, 0.3) is 0 Å². The first kappa shape index (κ1) is 17.0. The zero-order valence-corrected chi connectivity index (χ0v) is 14.6. The Labute approximate surface area is 143 Å². The quantitative estimate of drug-likeness (QED) is 0.856. The molecular weight excluding hydrogens is 306 g/mol. The topological polar surface area (TPSA) is 70.5 Å². The van der Waals surface area contributed by atoms with E-state index in [4.69, 9.17) is 0 Å². The van der Waals surface area contributed by atoms with Crippen LogP contribution in [0.3, 0.4) is 0 Å². The maximum absolute atomic E-state index is 12.5. The van der Waals surface area contributed by atoms with Gasteiger partial charge < -0.3 is 15.1 Å². The largest absolute Gasteiger partial charge is 0.349 e. The highest BCUT2D eigenvalue weighted by Crippen LogP contribution is 2.29. The van der Waals surface area contributed by atoms with Crippen LogP contribution in [0.5, 0.6) is 0 Å². The van der Waals surface area contributed by atoms with Crippen LogP contribution in [-0.4, -0.2) is 58.6 Å². The molecule has 7 nitrogen and oxygen atoms in total. The maximum atomic E-state index is 12.5. The Bertz CT molecular complexity index is 606. The summed E-state index contributed by atoms with van der Waals surface area (Å²) in [6, 6.07) is 2.02. The summed E-state index contributed by atoms with van der Waals surface area (Å²) < 4.78 is 1.99. The lowest BCUT2D eigenvalue weighted by molar-refractivity contribution is -0.138. The van der Waals surface area contributed by atoms with Crippen molar-refractivity contribution in [2.75, 3.05) is 27.2 Å². The number of hydrogen-bond acceptors (Lipinski definition) is 4. The molecule has 1 aromatic heterocycles. The number of amides is 2. The molecule has 1 aliphatic carbocycles. The number of aromatic nitrogens is 2. The van der Waals surface area contributed by atoms with E-state index in [2.05, 4.69) is 10.4 Å². The predicted molar refractivity (Wildman–Crippen MR) is 90.0 cm³/mol. The number of hydrogen-bond donors (Lipinski definition) is 1. The molecule has 132 valence electrons. The van der Waals surface area contributed by atoms with Crippen molar-refractivity contribution in [3.05, 3.63) is 17.5 Å². The normalized spacial score (nSPS) is 18.0. The third-order valence-electron chi connectivity index (χ3n) is 4.76. The van der Waals surface area contributed by atoms with Gasteiger partial charge in [0.25, 0.3) is 0 Å². The molecule has 0 bridgehead atoms. The van der Waals surface area contributed by atoms with Gasteiger partial charge in [-0.3, -0.25) is 14.3 Å². The van der Waals surface area contributed by atoms with Gasteiger partial charge >= 0.3 is 0 Å². The lowest BCUT2D eigenvalue weighted by Gasteiger charge is -2.30. The monoisotopic (exact) mass is 333 g/mol. The van der Waals surface area contributed by atoms with Crippen LogP contribution in [0.2, 0.25) is 0 Å². The van der Waals surface area contributed by atoms with E-state index in [0.29, 0.717) is 25.5 Å². The minimum Gasteiger partial charge on any atom is -0.349 e. The van der Waals surface area contributed by atoms with E-state index >= 15 is 0 Å². The van der Waals surface area contributed by atoms with Crippen molar-refractivity contribution < 1.29 is 9.59 Å². The Hall–Kier alpha value is -1.89. The molecule has 2 amide bonds. The highest BCUT2D eigenvalue weighted by Gasteiger charge is 2.30. The minimum absolute atomic E-state index is 0.00928. The second-order valence-corrected chi connectivity index (χ2v) is 7.11. The molecule has 1 saturated carbocycles. The summed E-state index contributed by atoms with van der Waals surface area (Å²) in [6.07, 6.45) is 4.19. The molecule has 0 atom stereocenters. The molecule has 7 heteroatoms. The van der Waals surface area contributed by atoms with Gasteiger partial charge in [0.05, 0.1) is 31.0 Å². The molecule has 0 spiro atoms. The standard InChI is InChI=1S/C17H27N5O2/c1-20(2)12-16(23)18-10-14-9-15-11-21(7-4-8-22(15)19-14)17(24)13-5-3-6-13/h9,13H,3-8,10-12H2,1-2H3,(H,18,23). The van der Waals surface area contributed by atoms with Gasteiger partial charge in [0.1, 0.15) is 0 Å². The Morgan fingerprint density at radius 1 is 1.29 bits per heavy atom. The highest BCUT2D eigenvalue weighted by molar-refractivity contribution is 5.79. The van der Waals surface area contributed by atoms with E-state index in [9.17, 15) is 9.59 Å². The Morgan fingerprint density at radius 3 is 2.75 bits per heavy atom. The van der Waals surface area contributed by atoms with Gasteiger partial charge in [0.15, 0.2) is 0 Å². The van der Waals surface area contributed by atoms with E-state index in [1.807, 2.05) is 34.6 Å². The number of nitrogens with zero attached hydrogens (tertiary/aromatic N) is 4. The first-order valence-corrected chi connectivity index (χ1v) is 8.79. The fourth-order valence-electron chi connectivity index (χ4n) is 3.24. The van der Waals surface area contributed by atoms with Crippen molar-refractivity contribution in [1.82, 2.24) is 24.9 Å². The number of likely N-dealkylation sites (N-methyl/N-ethyl adjacent to an activating group) is 1. The van der Waals surface area contributed by atoms with Crippen molar-refractivity contribution in [2.24, 2.45) is 5.92 Å². The summed E-state index contributed by atoms with van der Waals surface area (Å²) in [5, 5.41) is 7.47. The average Bonchev–Trinajstić information content (AvgIpc) is 2.73. The van der Waals surface area contributed by atoms with Crippen LogP contribution in [0.4, 0.5) is 0 Å². The zero-order valence-electron chi connectivity index (χ0n) is 14.6. The van der Waals surface area contributed by atoms with Crippen molar-refractivity contribution in [1.29, 1.82) is 0 Å². The fourth-order valence-corrected chi connectivity index (χ4v) is 3.24.